The minimum atomic E-state index is -4.82. The van der Waals surface area contributed by atoms with Crippen molar-refractivity contribution >= 4 is 23.2 Å². The van der Waals surface area contributed by atoms with Crippen molar-refractivity contribution in [1.82, 2.24) is 30.1 Å². The fraction of sp³-hybridized carbons (Fsp3) is 0.500. The van der Waals surface area contributed by atoms with E-state index in [-0.39, 0.29) is 52.8 Å². The van der Waals surface area contributed by atoms with Gasteiger partial charge in [-0.1, -0.05) is 0 Å². The molecule has 15 heteroatoms. The predicted molar refractivity (Wildman–Crippen MR) is 118 cm³/mol. The molecule has 5 rings (SSSR count). The van der Waals surface area contributed by atoms with Crippen molar-refractivity contribution in [2.45, 2.75) is 69.3 Å². The quantitative estimate of drug-likeness (QED) is 0.396. The van der Waals surface area contributed by atoms with E-state index in [0.29, 0.717) is 5.69 Å². The maximum absolute atomic E-state index is 14.6. The lowest BCUT2D eigenvalue weighted by molar-refractivity contribution is -0.330. The van der Waals surface area contributed by atoms with Gasteiger partial charge < -0.3 is 15.4 Å². The second kappa shape index (κ2) is 9.18. The maximum Gasteiger partial charge on any atom is 0.522 e. The van der Waals surface area contributed by atoms with Gasteiger partial charge in [-0.25, -0.2) is 18.7 Å². The van der Waals surface area contributed by atoms with E-state index in [2.05, 4.69) is 35.7 Å². The van der Waals surface area contributed by atoms with Crippen LogP contribution in [-0.4, -0.2) is 55.1 Å². The van der Waals surface area contributed by atoms with Crippen molar-refractivity contribution in [3.8, 4) is 6.07 Å². The Morgan fingerprint density at radius 2 is 2.14 bits per heavy atom. The average molecular weight is 522 g/mol. The Morgan fingerprint density at radius 3 is 2.84 bits per heavy atom. The summed E-state index contributed by atoms with van der Waals surface area (Å²) >= 11 is 0. The number of nitrogens with one attached hydrogen (secondary N) is 3. The summed E-state index contributed by atoms with van der Waals surface area (Å²) in [5.41, 5.74) is 0.565. The number of nitriles is 1. The van der Waals surface area contributed by atoms with Crippen molar-refractivity contribution < 1.29 is 31.8 Å². The van der Waals surface area contributed by atoms with Gasteiger partial charge in [0.25, 0.3) is 0 Å². The van der Waals surface area contributed by atoms with E-state index < -0.39 is 31.3 Å². The van der Waals surface area contributed by atoms with E-state index in [1.807, 2.05) is 13.0 Å². The lowest BCUT2D eigenvalue weighted by atomic mass is 10.0. The van der Waals surface area contributed by atoms with Gasteiger partial charge in [0.15, 0.2) is 17.3 Å². The fourth-order valence-corrected chi connectivity index (χ4v) is 4.20. The van der Waals surface area contributed by atoms with Crippen LogP contribution in [0.15, 0.2) is 18.3 Å². The molecule has 0 unspecified atom stereocenters. The number of H-pyrrole nitrogens is 1. The average Bonchev–Trinajstić information content (AvgIpc) is 3.19. The van der Waals surface area contributed by atoms with Gasteiger partial charge in [-0.3, -0.25) is 9.84 Å². The molecule has 196 valence electrons. The number of ether oxygens (including phenoxy) is 2. The number of rotatable bonds is 7. The monoisotopic (exact) mass is 522 g/mol. The summed E-state index contributed by atoms with van der Waals surface area (Å²) in [5, 5.41) is 25.9. The molecule has 11 nitrogen and oxygen atoms in total. The van der Waals surface area contributed by atoms with Crippen LogP contribution in [0, 0.1) is 11.3 Å². The number of fused-ring (bicyclic) bond motifs is 1. The maximum atomic E-state index is 14.6. The number of halogens is 4. The molecule has 0 aromatic carbocycles. The standard InChI is InChI=1S/C22H22F4N8O3/c1-21(2-3-21)30-20(35)37-17-5-11(4-14(17)23)15-7-18(32-31-15)29-19-16-6-12(10-36-22(24,25)26)33-34(16)9-13(8-27)28-19/h6-7,9,11,14,17H,2-5,10H2,1H3,(H,30,35)(H2,28,29,31,32)/t11-,14+,17-/m0/s1. The fourth-order valence-electron chi connectivity index (χ4n) is 4.20. The molecule has 2 fully saturated rings. The van der Waals surface area contributed by atoms with Crippen LogP contribution in [0.2, 0.25) is 0 Å². The first kappa shape index (κ1) is 24.8. The summed E-state index contributed by atoms with van der Waals surface area (Å²) in [6.45, 7) is 1.08. The second-order valence-corrected chi connectivity index (χ2v) is 9.43. The summed E-state index contributed by atoms with van der Waals surface area (Å²) in [6, 6.07) is 4.84. The second-order valence-electron chi connectivity index (χ2n) is 9.43. The van der Waals surface area contributed by atoms with Crippen LogP contribution in [0.3, 0.4) is 0 Å². The number of hydrogen-bond donors (Lipinski definition) is 3. The number of aromatic nitrogens is 5. The van der Waals surface area contributed by atoms with E-state index in [4.69, 9.17) is 4.74 Å². The van der Waals surface area contributed by atoms with E-state index in [1.54, 1.807) is 6.07 Å². The topological polar surface area (TPSA) is 142 Å². The zero-order valence-corrected chi connectivity index (χ0v) is 19.5. The van der Waals surface area contributed by atoms with Crippen LogP contribution in [-0.2, 0) is 16.1 Å². The van der Waals surface area contributed by atoms with Gasteiger partial charge in [0.1, 0.15) is 30.5 Å². The first-order valence-corrected chi connectivity index (χ1v) is 11.5. The third-order valence-electron chi connectivity index (χ3n) is 6.38. The molecule has 0 saturated heterocycles. The van der Waals surface area contributed by atoms with Gasteiger partial charge in [0, 0.05) is 23.2 Å². The molecular formula is C22H22F4N8O3. The zero-order valence-electron chi connectivity index (χ0n) is 19.5. The normalized spacial score (nSPS) is 22.5. The molecule has 3 aromatic rings. The van der Waals surface area contributed by atoms with Gasteiger partial charge in [-0.15, -0.1) is 13.2 Å². The molecule has 0 aliphatic heterocycles. The number of amides is 1. The molecule has 3 heterocycles. The van der Waals surface area contributed by atoms with Crippen molar-refractivity contribution in [3.63, 3.8) is 0 Å². The number of nitrogens with zero attached hydrogens (tertiary/aromatic N) is 5. The van der Waals surface area contributed by atoms with Crippen molar-refractivity contribution in [2.24, 2.45) is 0 Å². The summed E-state index contributed by atoms with van der Waals surface area (Å²) < 4.78 is 62.2. The summed E-state index contributed by atoms with van der Waals surface area (Å²) in [7, 11) is 0. The predicted octanol–water partition coefficient (Wildman–Crippen LogP) is 3.97. The highest BCUT2D eigenvalue weighted by molar-refractivity contribution is 5.73. The lowest BCUT2D eigenvalue weighted by Gasteiger charge is -2.17. The first-order chi connectivity index (χ1) is 17.5. The minimum absolute atomic E-state index is 0.0225. The number of aromatic amines is 1. The molecule has 3 aromatic heterocycles. The Bertz CT molecular complexity index is 1360. The van der Waals surface area contributed by atoms with Crippen molar-refractivity contribution in [3.05, 3.63) is 35.4 Å². The molecular weight excluding hydrogens is 500 g/mol. The molecule has 0 bridgehead atoms. The highest BCUT2D eigenvalue weighted by atomic mass is 19.4. The number of hydrogen-bond acceptors (Lipinski definition) is 8. The first-order valence-electron chi connectivity index (χ1n) is 11.5. The smallest absolute Gasteiger partial charge is 0.443 e. The van der Waals surface area contributed by atoms with Crippen LogP contribution in [0.25, 0.3) is 5.52 Å². The molecule has 3 N–H and O–H groups in total. The van der Waals surface area contributed by atoms with Gasteiger partial charge >= 0.3 is 12.5 Å². The number of carbonyl (C=O) groups is 1. The molecule has 2 aliphatic rings. The van der Waals surface area contributed by atoms with Crippen LogP contribution in [0.5, 0.6) is 0 Å². The Kier molecular flexibility index (Phi) is 6.14. The number of alkyl carbamates (subject to hydrolysis) is 1. The number of anilines is 2. The minimum Gasteiger partial charge on any atom is -0.443 e. The molecule has 2 saturated carbocycles. The van der Waals surface area contributed by atoms with Gasteiger partial charge in [-0.05, 0) is 38.7 Å². The van der Waals surface area contributed by atoms with Gasteiger partial charge in [0.2, 0.25) is 0 Å². The summed E-state index contributed by atoms with van der Waals surface area (Å²) in [5.74, 6) is 0.129. The van der Waals surface area contributed by atoms with Crippen molar-refractivity contribution in [2.75, 3.05) is 5.32 Å². The largest absolute Gasteiger partial charge is 0.522 e. The Morgan fingerprint density at radius 1 is 1.35 bits per heavy atom. The van der Waals surface area contributed by atoms with Crippen LogP contribution in [0.4, 0.5) is 34.0 Å². The third kappa shape index (κ3) is 5.74. The van der Waals surface area contributed by atoms with E-state index >= 15 is 0 Å². The molecule has 2 aliphatic carbocycles. The van der Waals surface area contributed by atoms with E-state index in [9.17, 15) is 27.6 Å². The molecule has 37 heavy (non-hydrogen) atoms. The number of carbonyl (C=O) groups excluding carboxylic acids is 1. The highest BCUT2D eigenvalue weighted by Gasteiger charge is 2.42. The highest BCUT2D eigenvalue weighted by Crippen LogP contribution is 2.39. The Labute approximate surface area is 207 Å². The number of alkyl halides is 4. The SMILES string of the molecule is CC1(NC(=O)O[C@H]2C[C@@H](c3cc(Nc4nc(C#N)cn5nc(COC(F)(F)F)cc45)n[nH]3)C[C@H]2F)CC1. The third-order valence-corrected chi connectivity index (χ3v) is 6.38. The summed E-state index contributed by atoms with van der Waals surface area (Å²) in [6.07, 6.45) is -4.27. The Balaban J connectivity index is 1.28. The lowest BCUT2D eigenvalue weighted by Crippen LogP contribution is -2.38. The zero-order chi connectivity index (χ0) is 26.4. The van der Waals surface area contributed by atoms with E-state index in [1.165, 1.54) is 16.8 Å². The summed E-state index contributed by atoms with van der Waals surface area (Å²) in [4.78, 5) is 16.2. The molecule has 1 amide bonds. The van der Waals surface area contributed by atoms with Gasteiger partial charge in [0.05, 0.1) is 11.9 Å². The molecule has 3 atom stereocenters. The Hall–Kier alpha value is -3.93. The van der Waals surface area contributed by atoms with Crippen LogP contribution in [0.1, 0.15) is 55.6 Å². The van der Waals surface area contributed by atoms with Crippen LogP contribution >= 0.6 is 0 Å². The molecule has 0 radical (unpaired) electrons. The van der Waals surface area contributed by atoms with E-state index in [0.717, 1.165) is 12.8 Å². The van der Waals surface area contributed by atoms with Gasteiger partial charge in [-0.2, -0.15) is 15.5 Å². The van der Waals surface area contributed by atoms with Crippen LogP contribution < -0.4 is 10.6 Å². The molecule has 0 spiro atoms. The van der Waals surface area contributed by atoms with Crippen molar-refractivity contribution in [1.29, 1.82) is 5.26 Å².